The van der Waals surface area contributed by atoms with Gasteiger partial charge in [-0.25, -0.2) is 0 Å². The van der Waals surface area contributed by atoms with Crippen LogP contribution >= 0.6 is 23.4 Å². The molecule has 0 unspecified atom stereocenters. The molecule has 3 nitrogen and oxygen atoms in total. The van der Waals surface area contributed by atoms with Gasteiger partial charge in [-0.05, 0) is 65.2 Å². The topological polar surface area (TPSA) is 30.7 Å². The molecule has 5 heteroatoms. The largest absolute Gasteiger partial charge is 0.270 e. The summed E-state index contributed by atoms with van der Waals surface area (Å²) in [6, 6.07) is 31.2. The summed E-state index contributed by atoms with van der Waals surface area (Å²) in [6.07, 6.45) is 0. The number of thioether (sulfide) groups is 1. The van der Waals surface area contributed by atoms with Gasteiger partial charge in [0.05, 0.1) is 0 Å². The standard InChI is InChI=1S/C26H20ClN3S/c1-18-5-4-8-24(15-18)30-25(21-11-13-23(27)14-12-21)28-29-26(30)31-17-19-9-10-20-6-2-3-7-22(20)16-19/h2-16H,17H2,1H3. The lowest BCUT2D eigenvalue weighted by atomic mass is 10.1. The zero-order valence-electron chi connectivity index (χ0n) is 17.0. The maximum Gasteiger partial charge on any atom is 0.196 e. The van der Waals surface area contributed by atoms with Crippen molar-refractivity contribution in [3.05, 3.63) is 107 Å². The summed E-state index contributed by atoms with van der Waals surface area (Å²) in [6.45, 7) is 2.09. The molecule has 0 saturated heterocycles. The molecule has 31 heavy (non-hydrogen) atoms. The van der Waals surface area contributed by atoms with Gasteiger partial charge in [-0.3, -0.25) is 4.57 Å². The van der Waals surface area contributed by atoms with Crippen molar-refractivity contribution in [1.29, 1.82) is 0 Å². The minimum Gasteiger partial charge on any atom is -0.270 e. The highest BCUT2D eigenvalue weighted by Crippen LogP contribution is 2.31. The number of aromatic nitrogens is 3. The van der Waals surface area contributed by atoms with E-state index in [1.54, 1.807) is 11.8 Å². The van der Waals surface area contributed by atoms with E-state index < -0.39 is 0 Å². The van der Waals surface area contributed by atoms with Crippen LogP contribution in [0.1, 0.15) is 11.1 Å². The fraction of sp³-hybridized carbons (Fsp3) is 0.0769. The summed E-state index contributed by atoms with van der Waals surface area (Å²) < 4.78 is 2.13. The summed E-state index contributed by atoms with van der Waals surface area (Å²) in [4.78, 5) is 0. The molecular weight excluding hydrogens is 422 g/mol. The van der Waals surface area contributed by atoms with Gasteiger partial charge in [-0.1, -0.05) is 78.0 Å². The van der Waals surface area contributed by atoms with Crippen molar-refractivity contribution >= 4 is 34.1 Å². The molecule has 0 aliphatic rings. The number of nitrogens with zero attached hydrogens (tertiary/aromatic N) is 3. The molecule has 0 radical (unpaired) electrons. The monoisotopic (exact) mass is 441 g/mol. The maximum atomic E-state index is 6.09. The summed E-state index contributed by atoms with van der Waals surface area (Å²) in [5.41, 5.74) is 4.49. The molecule has 0 spiro atoms. The molecule has 152 valence electrons. The van der Waals surface area contributed by atoms with Crippen LogP contribution < -0.4 is 0 Å². The van der Waals surface area contributed by atoms with Crippen LogP contribution in [0.15, 0.2) is 96.2 Å². The molecular formula is C26H20ClN3S. The second kappa shape index (κ2) is 8.58. The quantitative estimate of drug-likeness (QED) is 0.267. The van der Waals surface area contributed by atoms with E-state index in [1.807, 2.05) is 24.3 Å². The van der Waals surface area contributed by atoms with Crippen LogP contribution in [0.3, 0.4) is 0 Å². The van der Waals surface area contributed by atoms with E-state index in [0.29, 0.717) is 5.02 Å². The minimum absolute atomic E-state index is 0.705. The first kappa shape index (κ1) is 19.9. The molecule has 0 atom stereocenters. The van der Waals surface area contributed by atoms with Gasteiger partial charge < -0.3 is 0 Å². The Bertz CT molecular complexity index is 1360. The highest BCUT2D eigenvalue weighted by molar-refractivity contribution is 7.98. The summed E-state index contributed by atoms with van der Waals surface area (Å²) >= 11 is 7.79. The highest BCUT2D eigenvalue weighted by Gasteiger charge is 2.16. The smallest absolute Gasteiger partial charge is 0.196 e. The summed E-state index contributed by atoms with van der Waals surface area (Å²) in [5.74, 6) is 1.62. The zero-order chi connectivity index (χ0) is 21.2. The number of hydrogen-bond acceptors (Lipinski definition) is 3. The van der Waals surface area contributed by atoms with Gasteiger partial charge in [-0.15, -0.1) is 10.2 Å². The Labute approximate surface area is 190 Å². The minimum atomic E-state index is 0.705. The SMILES string of the molecule is Cc1cccc(-n2c(SCc3ccc4ccccc4c3)nnc2-c2ccc(Cl)cc2)c1. The second-order valence-electron chi connectivity index (χ2n) is 7.46. The number of rotatable bonds is 5. The molecule has 0 amide bonds. The second-order valence-corrected chi connectivity index (χ2v) is 8.84. The van der Waals surface area contributed by atoms with Crippen molar-refractivity contribution < 1.29 is 0 Å². The number of halogens is 1. The highest BCUT2D eigenvalue weighted by atomic mass is 35.5. The van der Waals surface area contributed by atoms with Crippen molar-refractivity contribution in [1.82, 2.24) is 14.8 Å². The average Bonchev–Trinajstić information content (AvgIpc) is 3.22. The van der Waals surface area contributed by atoms with Crippen LogP contribution in [-0.2, 0) is 5.75 Å². The number of aryl methyl sites for hydroxylation is 1. The van der Waals surface area contributed by atoms with Crippen LogP contribution in [0.2, 0.25) is 5.02 Å². The molecule has 0 aliphatic carbocycles. The lowest BCUT2D eigenvalue weighted by Crippen LogP contribution is -2.00. The van der Waals surface area contributed by atoms with Crippen LogP contribution in [0.5, 0.6) is 0 Å². The molecule has 4 aromatic carbocycles. The number of fused-ring (bicyclic) bond motifs is 1. The van der Waals surface area contributed by atoms with E-state index in [2.05, 4.69) is 88.4 Å². The molecule has 0 bridgehead atoms. The van der Waals surface area contributed by atoms with E-state index in [9.17, 15) is 0 Å². The van der Waals surface area contributed by atoms with Gasteiger partial charge in [0.2, 0.25) is 0 Å². The summed E-state index contributed by atoms with van der Waals surface area (Å²) in [7, 11) is 0. The molecule has 1 heterocycles. The van der Waals surface area contributed by atoms with Gasteiger partial charge in [0.15, 0.2) is 11.0 Å². The molecule has 0 N–H and O–H groups in total. The van der Waals surface area contributed by atoms with E-state index in [1.165, 1.54) is 21.9 Å². The first-order valence-electron chi connectivity index (χ1n) is 10.1. The first-order valence-corrected chi connectivity index (χ1v) is 11.4. The Morgan fingerprint density at radius 2 is 1.61 bits per heavy atom. The molecule has 5 aromatic rings. The van der Waals surface area contributed by atoms with Crippen molar-refractivity contribution in [2.75, 3.05) is 0 Å². The fourth-order valence-electron chi connectivity index (χ4n) is 3.63. The molecule has 5 rings (SSSR count). The molecule has 0 saturated carbocycles. The average molecular weight is 442 g/mol. The predicted molar refractivity (Wildman–Crippen MR) is 130 cm³/mol. The van der Waals surface area contributed by atoms with Gasteiger partial charge in [-0.2, -0.15) is 0 Å². The van der Waals surface area contributed by atoms with Crippen molar-refractivity contribution in [3.63, 3.8) is 0 Å². The lowest BCUT2D eigenvalue weighted by molar-refractivity contribution is 0.885. The Hall–Kier alpha value is -3.08. The number of benzene rings is 4. The normalized spacial score (nSPS) is 11.2. The lowest BCUT2D eigenvalue weighted by Gasteiger charge is -2.11. The van der Waals surface area contributed by atoms with E-state index in [-0.39, 0.29) is 0 Å². The van der Waals surface area contributed by atoms with Gasteiger partial charge in [0.25, 0.3) is 0 Å². The molecule has 0 fully saturated rings. The predicted octanol–water partition coefficient (Wildman–Crippen LogP) is 7.34. The third kappa shape index (κ3) is 4.22. The van der Waals surface area contributed by atoms with Crippen LogP contribution in [0.25, 0.3) is 27.8 Å². The van der Waals surface area contributed by atoms with E-state index in [4.69, 9.17) is 11.6 Å². The third-order valence-electron chi connectivity index (χ3n) is 5.18. The van der Waals surface area contributed by atoms with Crippen molar-refractivity contribution in [3.8, 4) is 17.1 Å². The van der Waals surface area contributed by atoms with Crippen LogP contribution in [-0.4, -0.2) is 14.8 Å². The Morgan fingerprint density at radius 3 is 2.42 bits per heavy atom. The zero-order valence-corrected chi connectivity index (χ0v) is 18.6. The summed E-state index contributed by atoms with van der Waals surface area (Å²) in [5, 5.41) is 13.2. The third-order valence-corrected chi connectivity index (χ3v) is 6.43. The Morgan fingerprint density at radius 1 is 0.806 bits per heavy atom. The van der Waals surface area contributed by atoms with Crippen molar-refractivity contribution in [2.24, 2.45) is 0 Å². The Balaban J connectivity index is 1.52. The van der Waals surface area contributed by atoms with E-state index >= 15 is 0 Å². The maximum absolute atomic E-state index is 6.09. The molecule has 0 aliphatic heterocycles. The Kier molecular flexibility index (Phi) is 5.49. The van der Waals surface area contributed by atoms with Crippen LogP contribution in [0, 0.1) is 6.92 Å². The van der Waals surface area contributed by atoms with Gasteiger partial charge in [0.1, 0.15) is 0 Å². The van der Waals surface area contributed by atoms with Crippen molar-refractivity contribution in [2.45, 2.75) is 17.8 Å². The van der Waals surface area contributed by atoms with Gasteiger partial charge in [0, 0.05) is 22.0 Å². The van der Waals surface area contributed by atoms with Gasteiger partial charge >= 0.3 is 0 Å². The van der Waals surface area contributed by atoms with E-state index in [0.717, 1.165) is 28.0 Å². The number of hydrogen-bond donors (Lipinski definition) is 0. The fourth-order valence-corrected chi connectivity index (χ4v) is 4.65. The van der Waals surface area contributed by atoms with Crippen LogP contribution in [0.4, 0.5) is 0 Å². The molecule has 1 aromatic heterocycles. The first-order chi connectivity index (χ1) is 15.2.